The Labute approximate surface area is 89.5 Å². The van der Waals surface area contributed by atoms with E-state index in [4.69, 9.17) is 5.73 Å². The Morgan fingerprint density at radius 2 is 2.00 bits per heavy atom. The van der Waals surface area contributed by atoms with Gasteiger partial charge in [-0.1, -0.05) is 27.7 Å². The largest absolute Gasteiger partial charge is 0.325 e. The van der Waals surface area contributed by atoms with Crippen LogP contribution in [0.25, 0.3) is 0 Å². The molecule has 2 N–H and O–H groups in total. The molecule has 0 radical (unpaired) electrons. The first-order valence-corrected chi connectivity index (χ1v) is 6.23. The van der Waals surface area contributed by atoms with Crippen LogP contribution in [0.3, 0.4) is 0 Å². The number of nitrogens with two attached hydrogens (primary N) is 1. The molecule has 0 aromatic heterocycles. The molecule has 0 aliphatic heterocycles. The third-order valence-corrected chi connectivity index (χ3v) is 4.03. The third-order valence-electron chi connectivity index (χ3n) is 4.03. The highest BCUT2D eigenvalue weighted by Gasteiger charge is 2.36. The van der Waals surface area contributed by atoms with Crippen molar-refractivity contribution in [3.8, 4) is 0 Å². The van der Waals surface area contributed by atoms with Crippen molar-refractivity contribution in [3.05, 3.63) is 0 Å². The zero-order chi connectivity index (χ0) is 10.8. The molecule has 3 atom stereocenters. The Kier molecular flexibility index (Phi) is 4.00. The molecule has 0 spiro atoms. The molecular formula is C13H27N. The Morgan fingerprint density at radius 3 is 2.50 bits per heavy atom. The summed E-state index contributed by atoms with van der Waals surface area (Å²) in [6, 6.07) is 0. The van der Waals surface area contributed by atoms with E-state index in [1.54, 1.807) is 0 Å². The fourth-order valence-electron chi connectivity index (χ4n) is 2.65. The zero-order valence-electron chi connectivity index (χ0n) is 10.3. The fourth-order valence-corrected chi connectivity index (χ4v) is 2.65. The molecule has 14 heavy (non-hydrogen) atoms. The fraction of sp³-hybridized carbons (Fsp3) is 1.00. The van der Waals surface area contributed by atoms with Crippen LogP contribution >= 0.6 is 0 Å². The molecule has 0 bridgehead atoms. The summed E-state index contributed by atoms with van der Waals surface area (Å²) in [7, 11) is 0. The normalized spacial score (nSPS) is 39.0. The van der Waals surface area contributed by atoms with Crippen molar-refractivity contribution in [3.63, 3.8) is 0 Å². The van der Waals surface area contributed by atoms with E-state index in [1.165, 1.54) is 32.1 Å². The molecule has 0 heterocycles. The van der Waals surface area contributed by atoms with Gasteiger partial charge in [0, 0.05) is 5.54 Å². The maximum absolute atomic E-state index is 6.51. The quantitative estimate of drug-likeness (QED) is 0.735. The van der Waals surface area contributed by atoms with Crippen molar-refractivity contribution in [2.75, 3.05) is 0 Å². The van der Waals surface area contributed by atoms with Crippen LogP contribution in [0, 0.1) is 17.8 Å². The highest BCUT2D eigenvalue weighted by molar-refractivity contribution is 4.93. The summed E-state index contributed by atoms with van der Waals surface area (Å²) in [6.45, 7) is 9.29. The highest BCUT2D eigenvalue weighted by atomic mass is 14.8. The van der Waals surface area contributed by atoms with Gasteiger partial charge in [-0.05, 0) is 49.9 Å². The molecule has 1 nitrogen and oxygen atoms in total. The van der Waals surface area contributed by atoms with Gasteiger partial charge in [0.05, 0.1) is 0 Å². The van der Waals surface area contributed by atoms with Gasteiger partial charge in [-0.3, -0.25) is 0 Å². The maximum atomic E-state index is 6.51. The van der Waals surface area contributed by atoms with Crippen LogP contribution in [0.2, 0.25) is 0 Å². The van der Waals surface area contributed by atoms with E-state index in [0.29, 0.717) is 5.92 Å². The van der Waals surface area contributed by atoms with E-state index in [-0.39, 0.29) is 5.54 Å². The molecule has 0 aromatic rings. The van der Waals surface area contributed by atoms with Crippen LogP contribution in [-0.2, 0) is 0 Å². The molecule has 1 fully saturated rings. The maximum Gasteiger partial charge on any atom is 0.0180 e. The first-order valence-electron chi connectivity index (χ1n) is 6.23. The van der Waals surface area contributed by atoms with Crippen molar-refractivity contribution in [1.82, 2.24) is 0 Å². The first-order chi connectivity index (χ1) is 6.44. The molecule has 0 aromatic carbocycles. The minimum atomic E-state index is 0.150. The molecule has 1 rings (SSSR count). The highest BCUT2D eigenvalue weighted by Crippen LogP contribution is 2.38. The predicted octanol–water partition coefficient (Wildman–Crippen LogP) is 3.58. The van der Waals surface area contributed by atoms with Crippen molar-refractivity contribution in [1.29, 1.82) is 0 Å². The van der Waals surface area contributed by atoms with E-state index in [9.17, 15) is 0 Å². The zero-order valence-corrected chi connectivity index (χ0v) is 10.3. The minimum absolute atomic E-state index is 0.150. The topological polar surface area (TPSA) is 26.0 Å². The van der Waals surface area contributed by atoms with E-state index in [1.807, 2.05) is 0 Å². The average molecular weight is 197 g/mol. The second-order valence-corrected chi connectivity index (χ2v) is 5.95. The monoisotopic (exact) mass is 197 g/mol. The second-order valence-electron chi connectivity index (χ2n) is 5.95. The van der Waals surface area contributed by atoms with Crippen LogP contribution in [-0.4, -0.2) is 5.54 Å². The van der Waals surface area contributed by atoms with Crippen LogP contribution in [0.5, 0.6) is 0 Å². The van der Waals surface area contributed by atoms with Crippen molar-refractivity contribution >= 4 is 0 Å². The van der Waals surface area contributed by atoms with E-state index in [2.05, 4.69) is 27.7 Å². The lowest BCUT2D eigenvalue weighted by Crippen LogP contribution is -2.49. The van der Waals surface area contributed by atoms with Gasteiger partial charge in [-0.2, -0.15) is 0 Å². The molecule has 84 valence electrons. The molecule has 3 unspecified atom stereocenters. The minimum Gasteiger partial charge on any atom is -0.325 e. The van der Waals surface area contributed by atoms with Gasteiger partial charge in [0.15, 0.2) is 0 Å². The Bertz CT molecular complexity index is 176. The summed E-state index contributed by atoms with van der Waals surface area (Å²) in [6.07, 6.45) is 6.41. The third kappa shape index (κ3) is 2.98. The molecular weight excluding hydrogens is 170 g/mol. The molecule has 1 aliphatic rings. The summed E-state index contributed by atoms with van der Waals surface area (Å²) in [5, 5.41) is 0. The van der Waals surface area contributed by atoms with Crippen molar-refractivity contribution in [2.24, 2.45) is 23.5 Å². The lowest BCUT2D eigenvalue weighted by atomic mass is 9.68. The molecule has 1 heteroatoms. The number of hydrogen-bond donors (Lipinski definition) is 1. The summed E-state index contributed by atoms with van der Waals surface area (Å²) < 4.78 is 0. The lowest BCUT2D eigenvalue weighted by Gasteiger charge is -2.42. The van der Waals surface area contributed by atoms with E-state index < -0.39 is 0 Å². The molecule has 0 saturated heterocycles. The van der Waals surface area contributed by atoms with Gasteiger partial charge in [-0.25, -0.2) is 0 Å². The predicted molar refractivity (Wildman–Crippen MR) is 63.2 cm³/mol. The molecule has 1 aliphatic carbocycles. The Balaban J connectivity index is 2.46. The molecule has 0 amide bonds. The van der Waals surface area contributed by atoms with Gasteiger partial charge < -0.3 is 5.73 Å². The van der Waals surface area contributed by atoms with Crippen LogP contribution in [0.1, 0.15) is 59.8 Å². The van der Waals surface area contributed by atoms with Crippen molar-refractivity contribution in [2.45, 2.75) is 65.3 Å². The standard InChI is InChI=1S/C13H27N/c1-10(2)5-7-13(14)8-6-11(3)9-12(13)4/h10-12H,5-9,14H2,1-4H3. The summed E-state index contributed by atoms with van der Waals surface area (Å²) in [5.41, 5.74) is 6.66. The average Bonchev–Trinajstić information content (AvgIpc) is 2.09. The Hall–Kier alpha value is -0.0400. The van der Waals surface area contributed by atoms with Gasteiger partial charge >= 0.3 is 0 Å². The van der Waals surface area contributed by atoms with Crippen LogP contribution in [0.4, 0.5) is 0 Å². The number of rotatable bonds is 3. The summed E-state index contributed by atoms with van der Waals surface area (Å²) in [5.74, 6) is 2.40. The first kappa shape index (κ1) is 12.0. The number of hydrogen-bond acceptors (Lipinski definition) is 1. The van der Waals surface area contributed by atoms with E-state index in [0.717, 1.165) is 11.8 Å². The van der Waals surface area contributed by atoms with Gasteiger partial charge in [0.25, 0.3) is 0 Å². The Morgan fingerprint density at radius 1 is 1.36 bits per heavy atom. The lowest BCUT2D eigenvalue weighted by molar-refractivity contribution is 0.147. The summed E-state index contributed by atoms with van der Waals surface area (Å²) >= 11 is 0. The second kappa shape index (κ2) is 4.65. The molecule has 1 saturated carbocycles. The SMILES string of the molecule is CC(C)CCC1(N)CCC(C)CC1C. The smallest absolute Gasteiger partial charge is 0.0180 e. The van der Waals surface area contributed by atoms with Gasteiger partial charge in [0.2, 0.25) is 0 Å². The van der Waals surface area contributed by atoms with Gasteiger partial charge in [-0.15, -0.1) is 0 Å². The van der Waals surface area contributed by atoms with E-state index >= 15 is 0 Å². The van der Waals surface area contributed by atoms with Crippen LogP contribution in [0.15, 0.2) is 0 Å². The van der Waals surface area contributed by atoms with Crippen molar-refractivity contribution < 1.29 is 0 Å². The van der Waals surface area contributed by atoms with Crippen LogP contribution < -0.4 is 5.73 Å². The summed E-state index contributed by atoms with van der Waals surface area (Å²) in [4.78, 5) is 0. The van der Waals surface area contributed by atoms with Gasteiger partial charge in [0.1, 0.15) is 0 Å².